The van der Waals surface area contributed by atoms with Crippen LogP contribution in [0.3, 0.4) is 0 Å². The Morgan fingerprint density at radius 2 is 2.00 bits per heavy atom. The third-order valence-electron chi connectivity index (χ3n) is 4.77. The molecule has 6 nitrogen and oxygen atoms in total. The molecule has 0 saturated carbocycles. The van der Waals surface area contributed by atoms with Crippen LogP contribution in [0.15, 0.2) is 35.9 Å². The van der Waals surface area contributed by atoms with Gasteiger partial charge in [-0.2, -0.15) is 4.31 Å². The van der Waals surface area contributed by atoms with Crippen molar-refractivity contribution >= 4 is 15.9 Å². The number of hydrogen-bond acceptors (Lipinski definition) is 4. The number of sulfonamides is 1. The van der Waals surface area contributed by atoms with Crippen LogP contribution in [-0.4, -0.2) is 51.6 Å². The number of carbonyl (C=O) groups is 1. The largest absolute Gasteiger partial charge is 0.496 e. The predicted molar refractivity (Wildman–Crippen MR) is 107 cm³/mol. The molecule has 2 rings (SSSR count). The molecule has 0 spiro atoms. The van der Waals surface area contributed by atoms with Gasteiger partial charge in [-0.15, -0.1) is 0 Å². The number of para-hydroxylation sites is 1. The van der Waals surface area contributed by atoms with Crippen LogP contribution in [0.5, 0.6) is 5.75 Å². The summed E-state index contributed by atoms with van der Waals surface area (Å²) in [4.78, 5) is 12.2. The summed E-state index contributed by atoms with van der Waals surface area (Å²) in [5, 5.41) is 2.84. The molecule has 0 atom stereocenters. The van der Waals surface area contributed by atoms with Crippen LogP contribution in [-0.2, 0) is 21.2 Å². The zero-order chi connectivity index (χ0) is 19.7. The first-order valence-electron chi connectivity index (χ1n) is 9.42. The zero-order valence-electron chi connectivity index (χ0n) is 16.2. The first kappa shape index (κ1) is 21.4. The highest BCUT2D eigenvalue weighted by atomic mass is 32.2. The smallest absolute Gasteiger partial charge is 0.235 e. The summed E-state index contributed by atoms with van der Waals surface area (Å²) in [6, 6.07) is 7.49. The second-order valence-electron chi connectivity index (χ2n) is 6.87. The summed E-state index contributed by atoms with van der Waals surface area (Å²) in [6.07, 6.45) is 9.39. The van der Waals surface area contributed by atoms with E-state index in [0.717, 1.165) is 36.8 Å². The maximum Gasteiger partial charge on any atom is 0.235 e. The second-order valence-corrected chi connectivity index (χ2v) is 8.85. The van der Waals surface area contributed by atoms with Crippen LogP contribution in [0, 0.1) is 0 Å². The lowest BCUT2D eigenvalue weighted by Gasteiger charge is -2.20. The van der Waals surface area contributed by atoms with Gasteiger partial charge in [-0.25, -0.2) is 8.42 Å². The monoisotopic (exact) mass is 394 g/mol. The normalized spacial score (nSPS) is 14.7. The Hall–Kier alpha value is -1.86. The highest BCUT2D eigenvalue weighted by Gasteiger charge is 2.20. The summed E-state index contributed by atoms with van der Waals surface area (Å²) in [5.41, 5.74) is 2.30. The molecule has 1 aromatic carbocycles. The van der Waals surface area contributed by atoms with E-state index >= 15 is 0 Å². The lowest BCUT2D eigenvalue weighted by molar-refractivity contribution is -0.121. The summed E-state index contributed by atoms with van der Waals surface area (Å²) < 4.78 is 30.7. The Labute approximate surface area is 162 Å². The number of nitrogens with one attached hydrogen (secondary N) is 1. The highest BCUT2D eigenvalue weighted by Crippen LogP contribution is 2.20. The molecular formula is C20H30N2O4S. The van der Waals surface area contributed by atoms with Crippen LogP contribution < -0.4 is 10.1 Å². The van der Waals surface area contributed by atoms with Crippen LogP contribution in [0.4, 0.5) is 0 Å². The number of nitrogens with zero attached hydrogens (tertiary/aromatic N) is 1. The van der Waals surface area contributed by atoms with Crippen LogP contribution in [0.2, 0.25) is 0 Å². The standard InChI is InChI=1S/C20H30N2O4S/c1-26-19-11-7-6-10-18(19)13-15-22(27(2,24)25)16-20(23)21-14-12-17-8-4-3-5-9-17/h6-8,10-11H,3-5,9,12-16H2,1-2H3,(H,21,23). The molecule has 1 aliphatic carbocycles. The minimum atomic E-state index is -3.47. The molecule has 1 amide bonds. The van der Waals surface area contributed by atoms with Crippen LogP contribution in [0.1, 0.15) is 37.7 Å². The number of amides is 1. The Morgan fingerprint density at radius 3 is 2.67 bits per heavy atom. The number of allylic oxidation sites excluding steroid dienone is 1. The van der Waals surface area contributed by atoms with Gasteiger partial charge in [0.05, 0.1) is 19.9 Å². The SMILES string of the molecule is COc1ccccc1CCN(CC(=O)NCCC1=CCCCC1)S(C)(=O)=O. The average molecular weight is 395 g/mol. The number of carbonyl (C=O) groups excluding carboxylic acids is 1. The van der Waals surface area contributed by atoms with E-state index in [1.165, 1.54) is 22.7 Å². The lowest BCUT2D eigenvalue weighted by atomic mass is 9.97. The maximum absolute atomic E-state index is 12.2. The van der Waals surface area contributed by atoms with Crippen molar-refractivity contribution in [3.05, 3.63) is 41.5 Å². The molecule has 0 aromatic heterocycles. The molecular weight excluding hydrogens is 364 g/mol. The van der Waals surface area contributed by atoms with Crippen molar-refractivity contribution in [3.8, 4) is 5.75 Å². The quantitative estimate of drug-likeness (QED) is 0.619. The van der Waals surface area contributed by atoms with Gasteiger partial charge in [-0.3, -0.25) is 4.79 Å². The fraction of sp³-hybridized carbons (Fsp3) is 0.550. The van der Waals surface area contributed by atoms with Crippen molar-refractivity contribution in [2.45, 2.75) is 38.5 Å². The molecule has 0 fully saturated rings. The van der Waals surface area contributed by atoms with Crippen molar-refractivity contribution in [3.63, 3.8) is 0 Å². The molecule has 0 saturated heterocycles. The topological polar surface area (TPSA) is 75.7 Å². The molecule has 1 N–H and O–H groups in total. The third kappa shape index (κ3) is 7.34. The molecule has 0 bridgehead atoms. The fourth-order valence-electron chi connectivity index (χ4n) is 3.23. The summed E-state index contributed by atoms with van der Waals surface area (Å²) in [6.45, 7) is 0.625. The molecule has 0 unspecified atom stereocenters. The van der Waals surface area contributed by atoms with Crippen LogP contribution in [0.25, 0.3) is 0 Å². The number of ether oxygens (including phenoxy) is 1. The first-order chi connectivity index (χ1) is 12.9. The molecule has 150 valence electrons. The Morgan fingerprint density at radius 1 is 1.22 bits per heavy atom. The summed E-state index contributed by atoms with van der Waals surface area (Å²) >= 11 is 0. The van der Waals surface area contributed by atoms with Gasteiger partial charge in [0.15, 0.2) is 0 Å². The second kappa shape index (κ2) is 10.5. The van der Waals surface area contributed by atoms with E-state index < -0.39 is 10.0 Å². The summed E-state index contributed by atoms with van der Waals surface area (Å²) in [7, 11) is -1.89. The fourth-order valence-corrected chi connectivity index (χ4v) is 4.00. The minimum absolute atomic E-state index is 0.160. The Bertz CT molecular complexity index is 759. The van der Waals surface area contributed by atoms with Gasteiger partial charge < -0.3 is 10.1 Å². The van der Waals surface area contributed by atoms with E-state index in [-0.39, 0.29) is 19.0 Å². The van der Waals surface area contributed by atoms with E-state index in [0.29, 0.717) is 13.0 Å². The number of methoxy groups -OCH3 is 1. The molecule has 27 heavy (non-hydrogen) atoms. The number of rotatable bonds is 10. The molecule has 1 aliphatic rings. The van der Waals surface area contributed by atoms with Gasteiger partial charge in [0.1, 0.15) is 5.75 Å². The van der Waals surface area contributed by atoms with Crippen molar-refractivity contribution in [1.29, 1.82) is 0 Å². The third-order valence-corrected chi connectivity index (χ3v) is 6.02. The number of benzene rings is 1. The van der Waals surface area contributed by atoms with Gasteiger partial charge in [0.25, 0.3) is 0 Å². The minimum Gasteiger partial charge on any atom is -0.496 e. The maximum atomic E-state index is 12.2. The molecule has 1 aromatic rings. The molecule has 0 aliphatic heterocycles. The molecule has 0 heterocycles. The number of hydrogen-bond donors (Lipinski definition) is 1. The molecule has 7 heteroatoms. The van der Waals surface area contributed by atoms with Crippen molar-refractivity contribution in [1.82, 2.24) is 9.62 Å². The van der Waals surface area contributed by atoms with Gasteiger partial charge in [-0.05, 0) is 50.2 Å². The van der Waals surface area contributed by atoms with E-state index in [4.69, 9.17) is 4.74 Å². The van der Waals surface area contributed by atoms with Gasteiger partial charge in [-0.1, -0.05) is 29.8 Å². The first-order valence-corrected chi connectivity index (χ1v) is 11.3. The van der Waals surface area contributed by atoms with Crippen LogP contribution >= 0.6 is 0 Å². The average Bonchev–Trinajstić information content (AvgIpc) is 2.65. The van der Waals surface area contributed by atoms with E-state index in [2.05, 4.69) is 11.4 Å². The van der Waals surface area contributed by atoms with Gasteiger partial charge in [0, 0.05) is 13.1 Å². The summed E-state index contributed by atoms with van der Waals surface area (Å²) in [5.74, 6) is 0.452. The Balaban J connectivity index is 1.86. The predicted octanol–water partition coefficient (Wildman–Crippen LogP) is 2.51. The lowest BCUT2D eigenvalue weighted by Crippen LogP contribution is -2.41. The van der Waals surface area contributed by atoms with E-state index in [9.17, 15) is 13.2 Å². The van der Waals surface area contributed by atoms with Crippen molar-refractivity contribution in [2.24, 2.45) is 0 Å². The van der Waals surface area contributed by atoms with Gasteiger partial charge >= 0.3 is 0 Å². The van der Waals surface area contributed by atoms with Crippen molar-refractivity contribution < 1.29 is 17.9 Å². The molecule has 0 radical (unpaired) electrons. The van der Waals surface area contributed by atoms with E-state index in [1.54, 1.807) is 7.11 Å². The zero-order valence-corrected chi connectivity index (χ0v) is 17.1. The Kier molecular flexibility index (Phi) is 8.31. The highest BCUT2D eigenvalue weighted by molar-refractivity contribution is 7.88. The van der Waals surface area contributed by atoms with E-state index in [1.807, 2.05) is 24.3 Å². The van der Waals surface area contributed by atoms with Gasteiger partial charge in [0.2, 0.25) is 15.9 Å². The van der Waals surface area contributed by atoms with Crippen molar-refractivity contribution in [2.75, 3.05) is 33.0 Å².